The molecule has 0 heterocycles. The third-order valence-electron chi connectivity index (χ3n) is 3.50. The van der Waals surface area contributed by atoms with E-state index in [1.165, 1.54) is 0 Å². The van der Waals surface area contributed by atoms with Gasteiger partial charge < -0.3 is 9.64 Å². The van der Waals surface area contributed by atoms with E-state index < -0.39 is 0 Å². The van der Waals surface area contributed by atoms with Crippen molar-refractivity contribution in [2.45, 2.75) is 13.0 Å². The molecule has 0 N–H and O–H groups in total. The minimum Gasteiger partial charge on any atom is -0.496 e. The van der Waals surface area contributed by atoms with Crippen LogP contribution in [0.1, 0.15) is 21.5 Å². The lowest BCUT2D eigenvalue weighted by Crippen LogP contribution is -2.26. The van der Waals surface area contributed by atoms with E-state index in [2.05, 4.69) is 6.58 Å². The van der Waals surface area contributed by atoms with E-state index in [0.717, 1.165) is 16.9 Å². The summed E-state index contributed by atoms with van der Waals surface area (Å²) in [5.74, 6) is 0.777. The molecular formula is C19H21NO2. The van der Waals surface area contributed by atoms with Gasteiger partial charge in [0, 0.05) is 19.2 Å². The maximum atomic E-state index is 12.6. The molecule has 0 aliphatic carbocycles. The molecule has 0 bridgehead atoms. The van der Waals surface area contributed by atoms with Crippen LogP contribution in [0.3, 0.4) is 0 Å². The molecule has 2 rings (SSSR count). The van der Waals surface area contributed by atoms with Crippen LogP contribution in [0.2, 0.25) is 0 Å². The van der Waals surface area contributed by atoms with Crippen LogP contribution in [0.15, 0.2) is 61.2 Å². The van der Waals surface area contributed by atoms with E-state index in [1.54, 1.807) is 24.2 Å². The van der Waals surface area contributed by atoms with Crippen molar-refractivity contribution in [3.63, 3.8) is 0 Å². The third kappa shape index (κ3) is 3.76. The Hall–Kier alpha value is -2.55. The van der Waals surface area contributed by atoms with Crippen LogP contribution in [0, 0.1) is 0 Å². The van der Waals surface area contributed by atoms with Crippen molar-refractivity contribution in [1.29, 1.82) is 0 Å². The van der Waals surface area contributed by atoms with Crippen LogP contribution in [0.25, 0.3) is 0 Å². The molecule has 3 heteroatoms. The van der Waals surface area contributed by atoms with Crippen molar-refractivity contribution in [2.24, 2.45) is 0 Å². The minimum atomic E-state index is -0.00295. The normalized spacial score (nSPS) is 10.1. The molecule has 0 saturated carbocycles. The molecular weight excluding hydrogens is 274 g/mol. The predicted octanol–water partition coefficient (Wildman–Crippen LogP) is 3.70. The fraction of sp³-hybridized carbons (Fsp3) is 0.211. The van der Waals surface area contributed by atoms with Gasteiger partial charge in [-0.2, -0.15) is 0 Å². The Balaban J connectivity index is 2.17. The van der Waals surface area contributed by atoms with Gasteiger partial charge in [0.25, 0.3) is 5.91 Å². The summed E-state index contributed by atoms with van der Waals surface area (Å²) < 4.78 is 5.32. The summed E-state index contributed by atoms with van der Waals surface area (Å²) in [5.41, 5.74) is 2.74. The van der Waals surface area contributed by atoms with E-state index in [1.807, 2.05) is 49.5 Å². The summed E-state index contributed by atoms with van der Waals surface area (Å²) in [6.45, 7) is 4.33. The van der Waals surface area contributed by atoms with Gasteiger partial charge in [0.15, 0.2) is 0 Å². The Labute approximate surface area is 131 Å². The quantitative estimate of drug-likeness (QED) is 0.761. The van der Waals surface area contributed by atoms with Gasteiger partial charge in [0.1, 0.15) is 5.75 Å². The molecule has 0 atom stereocenters. The first-order chi connectivity index (χ1) is 10.7. The zero-order valence-corrected chi connectivity index (χ0v) is 13.1. The SMILES string of the molecule is C=CCc1cc(C(=O)N(C)Cc2ccccc2)ccc1OC. The number of amides is 1. The van der Waals surface area contributed by atoms with Crippen molar-refractivity contribution in [2.75, 3.05) is 14.2 Å². The maximum absolute atomic E-state index is 12.6. The smallest absolute Gasteiger partial charge is 0.253 e. The second kappa shape index (κ2) is 7.46. The number of rotatable bonds is 6. The second-order valence-corrected chi connectivity index (χ2v) is 5.17. The molecule has 2 aromatic carbocycles. The number of carbonyl (C=O) groups is 1. The number of ether oxygens (including phenoxy) is 1. The van der Waals surface area contributed by atoms with Gasteiger partial charge in [-0.05, 0) is 35.7 Å². The summed E-state index contributed by atoms with van der Waals surface area (Å²) >= 11 is 0. The number of allylic oxidation sites excluding steroid dienone is 1. The van der Waals surface area contributed by atoms with Crippen LogP contribution in [-0.2, 0) is 13.0 Å². The molecule has 0 saturated heterocycles. The Morgan fingerprint density at radius 2 is 1.95 bits per heavy atom. The molecule has 0 fully saturated rings. The predicted molar refractivity (Wildman–Crippen MR) is 89.1 cm³/mol. The molecule has 22 heavy (non-hydrogen) atoms. The van der Waals surface area contributed by atoms with Gasteiger partial charge in [-0.25, -0.2) is 0 Å². The van der Waals surface area contributed by atoms with Crippen molar-refractivity contribution in [1.82, 2.24) is 4.90 Å². The zero-order valence-electron chi connectivity index (χ0n) is 13.1. The van der Waals surface area contributed by atoms with Gasteiger partial charge in [-0.15, -0.1) is 6.58 Å². The number of hydrogen-bond acceptors (Lipinski definition) is 2. The number of carbonyl (C=O) groups excluding carboxylic acids is 1. The monoisotopic (exact) mass is 295 g/mol. The third-order valence-corrected chi connectivity index (χ3v) is 3.50. The molecule has 0 unspecified atom stereocenters. The minimum absolute atomic E-state index is 0.00295. The lowest BCUT2D eigenvalue weighted by atomic mass is 10.1. The van der Waals surface area contributed by atoms with Gasteiger partial charge in [-0.1, -0.05) is 36.4 Å². The fourth-order valence-corrected chi connectivity index (χ4v) is 2.38. The summed E-state index contributed by atoms with van der Waals surface area (Å²) in [6.07, 6.45) is 2.48. The summed E-state index contributed by atoms with van der Waals surface area (Å²) in [4.78, 5) is 14.3. The van der Waals surface area contributed by atoms with Gasteiger partial charge in [0.2, 0.25) is 0 Å². The first-order valence-electron chi connectivity index (χ1n) is 7.23. The molecule has 0 spiro atoms. The lowest BCUT2D eigenvalue weighted by Gasteiger charge is -2.18. The lowest BCUT2D eigenvalue weighted by molar-refractivity contribution is 0.0785. The Morgan fingerprint density at radius 3 is 2.59 bits per heavy atom. The first-order valence-corrected chi connectivity index (χ1v) is 7.23. The Kier molecular flexibility index (Phi) is 5.37. The number of benzene rings is 2. The van der Waals surface area contributed by atoms with Crippen molar-refractivity contribution in [3.8, 4) is 5.75 Å². The molecule has 0 aliphatic heterocycles. The average Bonchev–Trinajstić information content (AvgIpc) is 2.55. The van der Waals surface area contributed by atoms with E-state index in [9.17, 15) is 4.79 Å². The van der Waals surface area contributed by atoms with E-state index in [0.29, 0.717) is 18.5 Å². The Bertz CT molecular complexity index is 650. The zero-order chi connectivity index (χ0) is 15.9. The Morgan fingerprint density at radius 1 is 1.23 bits per heavy atom. The highest BCUT2D eigenvalue weighted by atomic mass is 16.5. The van der Waals surface area contributed by atoms with E-state index in [4.69, 9.17) is 4.74 Å². The number of methoxy groups -OCH3 is 1. The topological polar surface area (TPSA) is 29.5 Å². The highest BCUT2D eigenvalue weighted by molar-refractivity contribution is 5.94. The standard InChI is InChI=1S/C19H21NO2/c1-4-8-16-13-17(11-12-18(16)22-3)19(21)20(2)14-15-9-6-5-7-10-15/h4-7,9-13H,1,8,14H2,2-3H3. The molecule has 114 valence electrons. The molecule has 0 aliphatic rings. The van der Waals surface area contributed by atoms with E-state index >= 15 is 0 Å². The molecule has 1 amide bonds. The second-order valence-electron chi connectivity index (χ2n) is 5.17. The highest BCUT2D eigenvalue weighted by Crippen LogP contribution is 2.21. The maximum Gasteiger partial charge on any atom is 0.253 e. The summed E-state index contributed by atoms with van der Waals surface area (Å²) in [7, 11) is 3.44. The van der Waals surface area contributed by atoms with E-state index in [-0.39, 0.29) is 5.91 Å². The summed E-state index contributed by atoms with van der Waals surface area (Å²) in [5, 5.41) is 0. The number of hydrogen-bond donors (Lipinski definition) is 0. The van der Waals surface area contributed by atoms with Gasteiger partial charge in [-0.3, -0.25) is 4.79 Å². The van der Waals surface area contributed by atoms with Crippen LogP contribution < -0.4 is 4.74 Å². The molecule has 0 radical (unpaired) electrons. The van der Waals surface area contributed by atoms with Gasteiger partial charge >= 0.3 is 0 Å². The highest BCUT2D eigenvalue weighted by Gasteiger charge is 2.14. The van der Waals surface area contributed by atoms with Crippen molar-refractivity contribution < 1.29 is 9.53 Å². The fourth-order valence-electron chi connectivity index (χ4n) is 2.38. The average molecular weight is 295 g/mol. The van der Waals surface area contributed by atoms with Crippen LogP contribution in [-0.4, -0.2) is 25.0 Å². The first kappa shape index (κ1) is 15.8. The number of nitrogens with zero attached hydrogens (tertiary/aromatic N) is 1. The molecule has 0 aromatic heterocycles. The van der Waals surface area contributed by atoms with Gasteiger partial charge in [0.05, 0.1) is 7.11 Å². The molecule has 2 aromatic rings. The largest absolute Gasteiger partial charge is 0.496 e. The van der Waals surface area contributed by atoms with Crippen LogP contribution in [0.5, 0.6) is 5.75 Å². The van der Waals surface area contributed by atoms with Crippen LogP contribution >= 0.6 is 0 Å². The van der Waals surface area contributed by atoms with Crippen molar-refractivity contribution >= 4 is 5.91 Å². The summed E-state index contributed by atoms with van der Waals surface area (Å²) in [6, 6.07) is 15.5. The van der Waals surface area contributed by atoms with Crippen LogP contribution in [0.4, 0.5) is 0 Å². The van der Waals surface area contributed by atoms with Crippen molar-refractivity contribution in [3.05, 3.63) is 77.9 Å². The molecule has 3 nitrogen and oxygen atoms in total.